The zero-order chi connectivity index (χ0) is 18.4. The van der Waals surface area contributed by atoms with Crippen LogP contribution in [-0.2, 0) is 4.74 Å². The van der Waals surface area contributed by atoms with E-state index in [0.717, 1.165) is 38.9 Å². The van der Waals surface area contributed by atoms with Crippen LogP contribution in [0.5, 0.6) is 0 Å². The minimum Gasteiger partial charge on any atom is -0.444 e. The van der Waals surface area contributed by atoms with Crippen molar-refractivity contribution in [2.75, 3.05) is 19.6 Å². The van der Waals surface area contributed by atoms with Crippen LogP contribution < -0.4 is 5.32 Å². The van der Waals surface area contributed by atoms with E-state index in [9.17, 15) is 4.79 Å². The standard InChI is InChI=1S/C20H40N2O2/c1-8-10-20(14-21-17(4)13-16(2)3)11-9-12-22(15-20)18(23)24-19(5,6)7/h16-17,21H,8-15H2,1-7H3. The molecular weight excluding hydrogens is 300 g/mol. The van der Waals surface area contributed by atoms with Gasteiger partial charge in [0.05, 0.1) is 0 Å². The number of hydrogen-bond acceptors (Lipinski definition) is 3. The zero-order valence-electron chi connectivity index (χ0n) is 17.1. The number of likely N-dealkylation sites (tertiary alicyclic amines) is 1. The molecule has 0 radical (unpaired) electrons. The first-order valence-corrected chi connectivity index (χ1v) is 9.78. The predicted octanol–water partition coefficient (Wildman–Crippen LogP) is 4.83. The molecule has 1 aliphatic heterocycles. The molecule has 1 heterocycles. The molecule has 0 bridgehead atoms. The first kappa shape index (κ1) is 21.3. The van der Waals surface area contributed by atoms with Crippen molar-refractivity contribution in [3.05, 3.63) is 0 Å². The summed E-state index contributed by atoms with van der Waals surface area (Å²) < 4.78 is 5.59. The van der Waals surface area contributed by atoms with Gasteiger partial charge >= 0.3 is 6.09 Å². The molecule has 0 aliphatic carbocycles. The Kier molecular flexibility index (Phi) is 8.04. The Hall–Kier alpha value is -0.770. The van der Waals surface area contributed by atoms with Crippen molar-refractivity contribution >= 4 is 6.09 Å². The summed E-state index contributed by atoms with van der Waals surface area (Å²) in [4.78, 5) is 14.4. The Morgan fingerprint density at radius 3 is 2.50 bits per heavy atom. The second-order valence-electron chi connectivity index (χ2n) is 9.17. The second-order valence-corrected chi connectivity index (χ2v) is 9.17. The number of nitrogens with zero attached hydrogens (tertiary/aromatic N) is 1. The lowest BCUT2D eigenvalue weighted by Gasteiger charge is -2.44. The molecule has 0 saturated carbocycles. The molecular formula is C20H40N2O2. The van der Waals surface area contributed by atoms with Crippen LogP contribution in [0.3, 0.4) is 0 Å². The lowest BCUT2D eigenvalue weighted by Crippen LogP contribution is -2.52. The van der Waals surface area contributed by atoms with Gasteiger partial charge in [0.1, 0.15) is 5.60 Å². The lowest BCUT2D eigenvalue weighted by molar-refractivity contribution is 0.00198. The van der Waals surface area contributed by atoms with Gasteiger partial charge in [0, 0.05) is 31.1 Å². The molecule has 2 atom stereocenters. The van der Waals surface area contributed by atoms with E-state index in [1.54, 1.807) is 0 Å². The SMILES string of the molecule is CCCC1(CNC(C)CC(C)C)CCCN(C(=O)OC(C)(C)C)C1. The zero-order valence-corrected chi connectivity index (χ0v) is 17.1. The van der Waals surface area contributed by atoms with Crippen LogP contribution in [0.15, 0.2) is 0 Å². The van der Waals surface area contributed by atoms with Gasteiger partial charge in [-0.2, -0.15) is 0 Å². The summed E-state index contributed by atoms with van der Waals surface area (Å²) in [6.45, 7) is 17.5. The Labute approximate surface area is 149 Å². The topological polar surface area (TPSA) is 41.6 Å². The van der Waals surface area contributed by atoms with Crippen LogP contribution in [0.25, 0.3) is 0 Å². The van der Waals surface area contributed by atoms with E-state index in [-0.39, 0.29) is 11.5 Å². The molecule has 142 valence electrons. The molecule has 1 amide bonds. The third-order valence-electron chi connectivity index (χ3n) is 4.74. The molecule has 0 aromatic rings. The van der Waals surface area contributed by atoms with Crippen LogP contribution in [-0.4, -0.2) is 42.3 Å². The van der Waals surface area contributed by atoms with Gasteiger partial charge in [-0.05, 0) is 59.3 Å². The van der Waals surface area contributed by atoms with E-state index in [1.807, 2.05) is 25.7 Å². The van der Waals surface area contributed by atoms with Gasteiger partial charge in [0.15, 0.2) is 0 Å². The van der Waals surface area contributed by atoms with Gasteiger partial charge in [-0.25, -0.2) is 4.79 Å². The Balaban J connectivity index is 2.69. The number of amides is 1. The average molecular weight is 341 g/mol. The van der Waals surface area contributed by atoms with Gasteiger partial charge in [-0.1, -0.05) is 27.2 Å². The summed E-state index contributed by atoms with van der Waals surface area (Å²) in [7, 11) is 0. The van der Waals surface area contributed by atoms with Crippen LogP contribution in [0.4, 0.5) is 4.79 Å². The molecule has 24 heavy (non-hydrogen) atoms. The summed E-state index contributed by atoms with van der Waals surface area (Å²) in [6, 6.07) is 0.524. The van der Waals surface area contributed by atoms with Crippen LogP contribution in [0, 0.1) is 11.3 Å². The highest BCUT2D eigenvalue weighted by Crippen LogP contribution is 2.35. The maximum atomic E-state index is 12.5. The Morgan fingerprint density at radius 2 is 1.96 bits per heavy atom. The van der Waals surface area contributed by atoms with Crippen LogP contribution in [0.2, 0.25) is 0 Å². The fourth-order valence-corrected chi connectivity index (χ4v) is 3.84. The molecule has 1 rings (SSSR count). The quantitative estimate of drug-likeness (QED) is 0.722. The average Bonchev–Trinajstić information content (AvgIpc) is 2.43. The fourth-order valence-electron chi connectivity index (χ4n) is 3.84. The molecule has 2 unspecified atom stereocenters. The van der Waals surface area contributed by atoms with Crippen molar-refractivity contribution in [2.24, 2.45) is 11.3 Å². The van der Waals surface area contributed by atoms with Crippen LogP contribution >= 0.6 is 0 Å². The minimum absolute atomic E-state index is 0.155. The number of rotatable bonds is 7. The molecule has 1 aliphatic rings. The molecule has 1 fully saturated rings. The summed E-state index contributed by atoms with van der Waals surface area (Å²) in [6.07, 6.45) is 5.62. The highest BCUT2D eigenvalue weighted by molar-refractivity contribution is 5.68. The highest BCUT2D eigenvalue weighted by atomic mass is 16.6. The Morgan fingerprint density at radius 1 is 1.29 bits per heavy atom. The van der Waals surface area contributed by atoms with Crippen molar-refractivity contribution < 1.29 is 9.53 Å². The third-order valence-corrected chi connectivity index (χ3v) is 4.74. The van der Waals surface area contributed by atoms with Crippen molar-refractivity contribution in [2.45, 2.75) is 92.2 Å². The number of carbonyl (C=O) groups is 1. The van der Waals surface area contributed by atoms with Crippen LogP contribution in [0.1, 0.15) is 80.6 Å². The maximum absolute atomic E-state index is 12.5. The number of nitrogens with one attached hydrogen (secondary N) is 1. The summed E-state index contributed by atoms with van der Waals surface area (Å²) >= 11 is 0. The molecule has 4 nitrogen and oxygen atoms in total. The molecule has 0 spiro atoms. The summed E-state index contributed by atoms with van der Waals surface area (Å²) in [5.41, 5.74) is -0.235. The first-order chi connectivity index (χ1) is 11.1. The highest BCUT2D eigenvalue weighted by Gasteiger charge is 2.37. The molecule has 0 aromatic heterocycles. The van der Waals surface area contributed by atoms with E-state index >= 15 is 0 Å². The van der Waals surface area contributed by atoms with Gasteiger partial charge in [0.2, 0.25) is 0 Å². The van der Waals surface area contributed by atoms with Crippen molar-refractivity contribution in [1.29, 1.82) is 0 Å². The molecule has 4 heteroatoms. The third kappa shape index (κ3) is 7.42. The van der Waals surface area contributed by atoms with Gasteiger partial charge in [-0.15, -0.1) is 0 Å². The van der Waals surface area contributed by atoms with Gasteiger partial charge in [-0.3, -0.25) is 0 Å². The largest absolute Gasteiger partial charge is 0.444 e. The number of piperidine rings is 1. The fraction of sp³-hybridized carbons (Fsp3) is 0.950. The number of carbonyl (C=O) groups excluding carboxylic acids is 1. The van der Waals surface area contributed by atoms with E-state index in [2.05, 4.69) is 33.0 Å². The smallest absolute Gasteiger partial charge is 0.410 e. The van der Waals surface area contributed by atoms with Crippen molar-refractivity contribution in [1.82, 2.24) is 10.2 Å². The summed E-state index contributed by atoms with van der Waals surface area (Å²) in [5.74, 6) is 0.708. The lowest BCUT2D eigenvalue weighted by atomic mass is 9.76. The number of hydrogen-bond donors (Lipinski definition) is 1. The monoisotopic (exact) mass is 340 g/mol. The maximum Gasteiger partial charge on any atom is 0.410 e. The molecule has 1 saturated heterocycles. The predicted molar refractivity (Wildman–Crippen MR) is 101 cm³/mol. The second kappa shape index (κ2) is 9.07. The normalized spacial score (nSPS) is 23.4. The minimum atomic E-state index is -0.425. The Bertz CT molecular complexity index is 386. The van der Waals surface area contributed by atoms with Gasteiger partial charge < -0.3 is 15.0 Å². The molecule has 1 N–H and O–H groups in total. The van der Waals surface area contributed by atoms with Crippen molar-refractivity contribution in [3.8, 4) is 0 Å². The van der Waals surface area contributed by atoms with E-state index in [1.165, 1.54) is 12.8 Å². The number of ether oxygens (including phenoxy) is 1. The van der Waals surface area contributed by atoms with E-state index in [0.29, 0.717) is 12.0 Å². The van der Waals surface area contributed by atoms with E-state index < -0.39 is 5.60 Å². The first-order valence-electron chi connectivity index (χ1n) is 9.78. The summed E-state index contributed by atoms with van der Waals surface area (Å²) in [5, 5.41) is 3.74. The van der Waals surface area contributed by atoms with E-state index in [4.69, 9.17) is 4.74 Å². The van der Waals surface area contributed by atoms with Crippen molar-refractivity contribution in [3.63, 3.8) is 0 Å². The molecule has 0 aromatic carbocycles. The van der Waals surface area contributed by atoms with Gasteiger partial charge in [0.25, 0.3) is 0 Å².